The van der Waals surface area contributed by atoms with Gasteiger partial charge in [0.2, 0.25) is 5.95 Å². The van der Waals surface area contributed by atoms with Crippen LogP contribution in [0.25, 0.3) is 11.3 Å². The van der Waals surface area contributed by atoms with Gasteiger partial charge in [-0.25, -0.2) is 9.78 Å². The highest BCUT2D eigenvalue weighted by atomic mass is 19.4. The molecule has 2 fully saturated rings. The van der Waals surface area contributed by atoms with Crippen molar-refractivity contribution < 1.29 is 27.8 Å². The molecule has 2 saturated heterocycles. The van der Waals surface area contributed by atoms with Crippen LogP contribution in [0.3, 0.4) is 0 Å². The highest BCUT2D eigenvalue weighted by molar-refractivity contribution is 5.90. The summed E-state index contributed by atoms with van der Waals surface area (Å²) < 4.78 is 43.7. The lowest BCUT2D eigenvalue weighted by atomic mass is 10.0. The number of anilines is 3. The smallest absolute Gasteiger partial charge is 0.389 e. The number of nitrogens with one attached hydrogen (secondary N) is 2. The minimum atomic E-state index is -4.23. The van der Waals surface area contributed by atoms with Gasteiger partial charge in [-0.15, -0.1) is 0 Å². The molecule has 0 unspecified atom stereocenters. The number of carbonyl (C=O) groups excluding carboxylic acids is 1. The van der Waals surface area contributed by atoms with Gasteiger partial charge in [0.25, 0.3) is 0 Å². The van der Waals surface area contributed by atoms with Crippen molar-refractivity contribution >= 4 is 23.5 Å². The van der Waals surface area contributed by atoms with E-state index in [2.05, 4.69) is 15.6 Å². The molecule has 0 bridgehead atoms. The third kappa shape index (κ3) is 7.22. The van der Waals surface area contributed by atoms with Crippen LogP contribution in [0.2, 0.25) is 0 Å². The van der Waals surface area contributed by atoms with Gasteiger partial charge < -0.3 is 30.3 Å². The SMILES string of the molecule is Cc1ccc(NC(=O)N2CC[C@@H](CC(F)(F)F)C2)cc1-c1cc(N[C@@H](C)CO)nc(N2CCOCC2)n1. The molecule has 12 heteroatoms. The maximum atomic E-state index is 12.8. The van der Waals surface area contributed by atoms with Crippen LogP contribution in [-0.4, -0.2) is 84.2 Å². The van der Waals surface area contributed by atoms with Crippen molar-refractivity contribution in [2.24, 2.45) is 5.92 Å². The third-order valence-corrected chi connectivity index (χ3v) is 6.53. The van der Waals surface area contributed by atoms with E-state index in [0.717, 1.165) is 11.1 Å². The highest BCUT2D eigenvalue weighted by Gasteiger charge is 2.36. The number of nitrogens with zero attached hydrogens (tertiary/aromatic N) is 4. The summed E-state index contributed by atoms with van der Waals surface area (Å²) >= 11 is 0. The lowest BCUT2D eigenvalue weighted by molar-refractivity contribution is -0.143. The molecule has 0 spiro atoms. The zero-order chi connectivity index (χ0) is 26.6. The predicted octanol–water partition coefficient (Wildman–Crippen LogP) is 3.89. The van der Waals surface area contributed by atoms with Crippen molar-refractivity contribution in [1.82, 2.24) is 14.9 Å². The van der Waals surface area contributed by atoms with E-state index in [9.17, 15) is 23.1 Å². The van der Waals surface area contributed by atoms with Crippen molar-refractivity contribution in [3.63, 3.8) is 0 Å². The van der Waals surface area contributed by atoms with Gasteiger partial charge in [-0.05, 0) is 43.9 Å². The van der Waals surface area contributed by atoms with Crippen LogP contribution in [0.1, 0.15) is 25.3 Å². The van der Waals surface area contributed by atoms with Crippen LogP contribution in [0.15, 0.2) is 24.3 Å². The maximum Gasteiger partial charge on any atom is 0.389 e. The van der Waals surface area contributed by atoms with Crippen molar-refractivity contribution in [3.05, 3.63) is 29.8 Å². The van der Waals surface area contributed by atoms with E-state index >= 15 is 0 Å². The molecular weight excluding hydrogens is 489 g/mol. The summed E-state index contributed by atoms with van der Waals surface area (Å²) in [5, 5.41) is 15.5. The number of carbonyl (C=O) groups is 1. The van der Waals surface area contributed by atoms with E-state index in [0.29, 0.717) is 55.9 Å². The number of likely N-dealkylation sites (tertiary alicyclic amines) is 1. The van der Waals surface area contributed by atoms with Crippen LogP contribution in [0.4, 0.5) is 35.4 Å². The number of aryl methyl sites for hydroxylation is 1. The second kappa shape index (κ2) is 11.5. The molecule has 9 nitrogen and oxygen atoms in total. The number of aliphatic hydroxyl groups is 1. The Hall–Kier alpha value is -3.12. The van der Waals surface area contributed by atoms with Gasteiger partial charge in [-0.3, -0.25) is 0 Å². The van der Waals surface area contributed by atoms with E-state index in [-0.39, 0.29) is 25.7 Å². The third-order valence-electron chi connectivity index (χ3n) is 6.53. The van der Waals surface area contributed by atoms with Crippen LogP contribution in [0, 0.1) is 12.8 Å². The minimum Gasteiger partial charge on any atom is -0.394 e. The van der Waals surface area contributed by atoms with E-state index in [1.54, 1.807) is 18.2 Å². The molecule has 1 aromatic carbocycles. The Labute approximate surface area is 214 Å². The van der Waals surface area contributed by atoms with Crippen LogP contribution in [0.5, 0.6) is 0 Å². The number of ether oxygens (including phenoxy) is 1. The van der Waals surface area contributed by atoms with E-state index in [1.807, 2.05) is 24.8 Å². The summed E-state index contributed by atoms with van der Waals surface area (Å²) in [5.74, 6) is 0.524. The normalized spacial score (nSPS) is 19.1. The second-order valence-electron chi connectivity index (χ2n) is 9.65. The van der Waals surface area contributed by atoms with Crippen molar-refractivity contribution in [3.8, 4) is 11.3 Å². The molecule has 4 rings (SSSR count). The number of aliphatic hydroxyl groups excluding tert-OH is 1. The first-order valence-electron chi connectivity index (χ1n) is 12.4. The van der Waals surface area contributed by atoms with Crippen molar-refractivity contribution in [2.45, 2.75) is 38.9 Å². The predicted molar refractivity (Wildman–Crippen MR) is 135 cm³/mol. The highest BCUT2D eigenvalue weighted by Crippen LogP contribution is 2.32. The van der Waals surface area contributed by atoms with Gasteiger partial charge in [-0.2, -0.15) is 18.2 Å². The number of amides is 2. The first-order chi connectivity index (χ1) is 17.6. The molecular formula is C25H33F3N6O3. The Morgan fingerprint density at radius 3 is 2.68 bits per heavy atom. The molecule has 3 N–H and O–H groups in total. The number of urea groups is 1. The lowest BCUT2D eigenvalue weighted by Gasteiger charge is -2.27. The number of benzene rings is 1. The summed E-state index contributed by atoms with van der Waals surface area (Å²) in [5.41, 5.74) is 2.88. The fourth-order valence-electron chi connectivity index (χ4n) is 4.54. The Balaban J connectivity index is 1.55. The average Bonchev–Trinajstić information content (AvgIpc) is 3.32. The first kappa shape index (κ1) is 26.9. The largest absolute Gasteiger partial charge is 0.394 e. The van der Waals surface area contributed by atoms with Gasteiger partial charge in [0, 0.05) is 56.0 Å². The molecule has 3 heterocycles. The Kier molecular flexibility index (Phi) is 8.38. The van der Waals surface area contributed by atoms with E-state index in [4.69, 9.17) is 9.72 Å². The molecule has 2 aromatic rings. The summed E-state index contributed by atoms with van der Waals surface area (Å²) in [6.45, 7) is 6.53. The van der Waals surface area contributed by atoms with Gasteiger partial charge in [0.15, 0.2) is 0 Å². The second-order valence-corrected chi connectivity index (χ2v) is 9.65. The van der Waals surface area contributed by atoms with E-state index in [1.165, 1.54) is 4.90 Å². The molecule has 2 atom stereocenters. The lowest BCUT2D eigenvalue weighted by Crippen LogP contribution is -2.37. The number of hydrogen-bond acceptors (Lipinski definition) is 7. The number of morpholine rings is 1. The fourth-order valence-corrected chi connectivity index (χ4v) is 4.54. The van der Waals surface area contributed by atoms with Gasteiger partial charge in [-0.1, -0.05) is 6.07 Å². The fraction of sp³-hybridized carbons (Fsp3) is 0.560. The van der Waals surface area contributed by atoms with Crippen LogP contribution < -0.4 is 15.5 Å². The summed E-state index contributed by atoms with van der Waals surface area (Å²) in [7, 11) is 0. The molecule has 1 aromatic heterocycles. The van der Waals surface area contributed by atoms with Crippen LogP contribution in [-0.2, 0) is 4.74 Å². The maximum absolute atomic E-state index is 12.8. The number of halogens is 3. The number of aromatic nitrogens is 2. The number of hydrogen-bond donors (Lipinski definition) is 3. The summed E-state index contributed by atoms with van der Waals surface area (Å²) in [4.78, 5) is 25.7. The van der Waals surface area contributed by atoms with E-state index < -0.39 is 24.5 Å². The average molecular weight is 523 g/mol. The van der Waals surface area contributed by atoms with Crippen molar-refractivity contribution in [1.29, 1.82) is 0 Å². The topological polar surface area (TPSA) is 103 Å². The van der Waals surface area contributed by atoms with Gasteiger partial charge in [0.1, 0.15) is 5.82 Å². The minimum absolute atomic E-state index is 0.0624. The summed E-state index contributed by atoms with van der Waals surface area (Å²) in [6, 6.07) is 6.59. The quantitative estimate of drug-likeness (QED) is 0.507. The molecule has 37 heavy (non-hydrogen) atoms. The monoisotopic (exact) mass is 522 g/mol. The molecule has 2 aliphatic rings. The Morgan fingerprint density at radius 1 is 1.22 bits per heavy atom. The molecule has 0 aliphatic carbocycles. The molecule has 2 aliphatic heterocycles. The van der Waals surface area contributed by atoms with Gasteiger partial charge >= 0.3 is 12.2 Å². The molecule has 2 amide bonds. The molecule has 0 saturated carbocycles. The summed E-state index contributed by atoms with van der Waals surface area (Å²) in [6.07, 6.45) is -4.78. The standard InChI is InChI=1S/C25H33F3N6O3/c1-16-3-4-19(30-24(36)34-6-5-18(14-34)13-25(26,27)28)11-20(16)21-12-22(29-17(2)15-35)32-23(31-21)33-7-9-37-10-8-33/h3-4,11-12,17-18,35H,5-10,13-15H2,1-2H3,(H,30,36)(H,29,31,32)/t17-,18-/m0/s1. The number of alkyl halides is 3. The first-order valence-corrected chi connectivity index (χ1v) is 12.4. The Bertz CT molecular complexity index is 1090. The Morgan fingerprint density at radius 2 is 1.97 bits per heavy atom. The van der Waals surface area contributed by atoms with Crippen molar-refractivity contribution in [2.75, 3.05) is 61.5 Å². The zero-order valence-corrected chi connectivity index (χ0v) is 21.0. The molecule has 0 radical (unpaired) electrons. The van der Waals surface area contributed by atoms with Gasteiger partial charge in [0.05, 0.1) is 25.5 Å². The zero-order valence-electron chi connectivity index (χ0n) is 21.0. The van der Waals surface area contributed by atoms with Crippen LogP contribution >= 0.6 is 0 Å². The number of rotatable bonds is 7. The molecule has 202 valence electrons.